The van der Waals surface area contributed by atoms with Gasteiger partial charge in [0.1, 0.15) is 0 Å². The number of rotatable bonds is 4. The summed E-state index contributed by atoms with van der Waals surface area (Å²) >= 11 is 0. The van der Waals surface area contributed by atoms with Crippen LogP contribution in [0, 0.1) is 13.8 Å². The van der Waals surface area contributed by atoms with Gasteiger partial charge in [-0.3, -0.25) is 5.43 Å². The Balaban J connectivity index is 2.61. The molecule has 0 spiro atoms. The van der Waals surface area contributed by atoms with E-state index >= 15 is 0 Å². The van der Waals surface area contributed by atoms with Crippen molar-refractivity contribution in [2.24, 2.45) is 0 Å². The molecule has 2 N–H and O–H groups in total. The van der Waals surface area contributed by atoms with Gasteiger partial charge in [-0.05, 0) is 26.3 Å². The minimum absolute atomic E-state index is 0.337. The molecule has 1 rings (SSSR count). The average Bonchev–Trinajstić information content (AvgIpc) is 2.26. The van der Waals surface area contributed by atoms with Crippen molar-refractivity contribution in [1.29, 1.82) is 0 Å². The summed E-state index contributed by atoms with van der Waals surface area (Å²) in [4.78, 5) is 11.1. The molecule has 0 aliphatic carbocycles. The Morgan fingerprint density at radius 2 is 2.06 bits per heavy atom. The van der Waals surface area contributed by atoms with Crippen LogP contribution in [0.2, 0.25) is 0 Å². The Morgan fingerprint density at radius 1 is 1.35 bits per heavy atom. The van der Waals surface area contributed by atoms with Crippen LogP contribution in [0.4, 0.5) is 4.79 Å². The van der Waals surface area contributed by atoms with Gasteiger partial charge < -0.3 is 4.74 Å². The lowest BCUT2D eigenvalue weighted by Crippen LogP contribution is -2.36. The van der Waals surface area contributed by atoms with Gasteiger partial charge in [0.15, 0.2) is 0 Å². The highest BCUT2D eigenvalue weighted by molar-refractivity contribution is 5.71. The number of carbonyl (C=O) groups excluding carboxylic acids is 1. The van der Waals surface area contributed by atoms with Crippen LogP contribution in [0.3, 0.4) is 0 Å². The van der Waals surface area contributed by atoms with E-state index in [1.165, 1.54) is 5.56 Å². The number of hydrogen-bond acceptors (Lipinski definition) is 3. The summed E-state index contributed by atoms with van der Waals surface area (Å²) in [6, 6.07) is 6.03. The molecule has 4 nitrogen and oxygen atoms in total. The normalized spacial score (nSPS) is 9.59. The Labute approximate surface area is 102 Å². The number of aryl methyl sites for hydroxylation is 2. The van der Waals surface area contributed by atoms with E-state index in [1.54, 1.807) is 6.92 Å². The lowest BCUT2D eigenvalue weighted by atomic mass is 10.0. The summed E-state index contributed by atoms with van der Waals surface area (Å²) in [6.45, 7) is 9.98. The van der Waals surface area contributed by atoms with E-state index in [-0.39, 0.29) is 0 Å². The molecule has 92 valence electrons. The lowest BCUT2D eigenvalue weighted by molar-refractivity contribution is 0.149. The smallest absolute Gasteiger partial charge is 0.425 e. The third kappa shape index (κ3) is 3.83. The van der Waals surface area contributed by atoms with Crippen LogP contribution in [-0.4, -0.2) is 12.7 Å². The van der Waals surface area contributed by atoms with Crippen molar-refractivity contribution in [1.82, 2.24) is 10.9 Å². The minimum atomic E-state index is -0.515. The molecule has 17 heavy (non-hydrogen) atoms. The summed E-state index contributed by atoms with van der Waals surface area (Å²) in [5.74, 6) is 0. The standard InChI is InChI=1S/C13H18N2O2/c1-5-17-13(16)15-14-11(4)12-7-6-9(2)8-10(12)3/h6-8,14H,4-5H2,1-3H3,(H,15,16). The van der Waals surface area contributed by atoms with Crippen LogP contribution in [-0.2, 0) is 4.74 Å². The molecule has 0 aliphatic rings. The third-order valence-electron chi connectivity index (χ3n) is 2.30. The Hall–Kier alpha value is -1.97. The SMILES string of the molecule is C=C(NNC(=O)OCC)c1ccc(C)cc1C. The molecule has 1 amide bonds. The van der Waals surface area contributed by atoms with E-state index < -0.39 is 6.09 Å². The van der Waals surface area contributed by atoms with Crippen molar-refractivity contribution >= 4 is 11.8 Å². The second-order valence-corrected chi connectivity index (χ2v) is 3.77. The predicted molar refractivity (Wildman–Crippen MR) is 68.2 cm³/mol. The van der Waals surface area contributed by atoms with E-state index in [1.807, 2.05) is 26.0 Å². The molecule has 1 aromatic carbocycles. The lowest BCUT2D eigenvalue weighted by Gasteiger charge is -2.13. The molecular formula is C13H18N2O2. The molecule has 4 heteroatoms. The highest BCUT2D eigenvalue weighted by Gasteiger charge is 2.04. The molecule has 0 aromatic heterocycles. The summed E-state index contributed by atoms with van der Waals surface area (Å²) in [6.07, 6.45) is -0.515. The van der Waals surface area contributed by atoms with Gasteiger partial charge >= 0.3 is 6.09 Å². The van der Waals surface area contributed by atoms with Gasteiger partial charge in [0, 0.05) is 5.56 Å². The number of amides is 1. The largest absolute Gasteiger partial charge is 0.449 e. The van der Waals surface area contributed by atoms with Gasteiger partial charge in [-0.15, -0.1) is 0 Å². The second kappa shape index (κ2) is 5.94. The first-order chi connectivity index (χ1) is 8.04. The van der Waals surface area contributed by atoms with Crippen molar-refractivity contribution in [3.8, 4) is 0 Å². The zero-order valence-electron chi connectivity index (χ0n) is 10.5. The number of hydrogen-bond donors (Lipinski definition) is 2. The van der Waals surface area contributed by atoms with Crippen molar-refractivity contribution in [3.05, 3.63) is 41.5 Å². The molecule has 0 unspecified atom stereocenters. The molecule has 1 aromatic rings. The zero-order valence-corrected chi connectivity index (χ0v) is 10.5. The third-order valence-corrected chi connectivity index (χ3v) is 2.30. The fourth-order valence-corrected chi connectivity index (χ4v) is 1.51. The fraction of sp³-hybridized carbons (Fsp3) is 0.308. The van der Waals surface area contributed by atoms with Gasteiger partial charge in [0.2, 0.25) is 0 Å². The highest BCUT2D eigenvalue weighted by Crippen LogP contribution is 2.15. The van der Waals surface area contributed by atoms with E-state index in [9.17, 15) is 4.79 Å². The molecular weight excluding hydrogens is 216 g/mol. The van der Waals surface area contributed by atoms with E-state index in [2.05, 4.69) is 23.5 Å². The summed E-state index contributed by atoms with van der Waals surface area (Å²) in [5, 5.41) is 0. The second-order valence-electron chi connectivity index (χ2n) is 3.77. The van der Waals surface area contributed by atoms with Crippen LogP contribution in [0.25, 0.3) is 5.70 Å². The summed E-state index contributed by atoms with van der Waals surface area (Å²) in [5.41, 5.74) is 9.03. The maximum atomic E-state index is 11.1. The first-order valence-electron chi connectivity index (χ1n) is 5.50. The van der Waals surface area contributed by atoms with Gasteiger partial charge in [0.05, 0.1) is 12.3 Å². The number of benzene rings is 1. The number of hydrazine groups is 1. The maximum Gasteiger partial charge on any atom is 0.425 e. The van der Waals surface area contributed by atoms with E-state index in [0.717, 1.165) is 11.1 Å². The van der Waals surface area contributed by atoms with Gasteiger partial charge in [-0.1, -0.05) is 30.3 Å². The monoisotopic (exact) mass is 234 g/mol. The van der Waals surface area contributed by atoms with Gasteiger partial charge in [0.25, 0.3) is 0 Å². The molecule has 0 fully saturated rings. The van der Waals surface area contributed by atoms with Crippen molar-refractivity contribution in [2.75, 3.05) is 6.61 Å². The average molecular weight is 234 g/mol. The molecule has 0 saturated heterocycles. The molecule has 0 atom stereocenters. The highest BCUT2D eigenvalue weighted by atomic mass is 16.5. The predicted octanol–water partition coefficient (Wildman–Crippen LogP) is 2.52. The van der Waals surface area contributed by atoms with Gasteiger partial charge in [-0.25, -0.2) is 10.2 Å². The molecule has 0 radical (unpaired) electrons. The maximum absolute atomic E-state index is 11.1. The van der Waals surface area contributed by atoms with Crippen LogP contribution in [0.5, 0.6) is 0 Å². The van der Waals surface area contributed by atoms with Gasteiger partial charge in [-0.2, -0.15) is 0 Å². The van der Waals surface area contributed by atoms with E-state index in [4.69, 9.17) is 4.74 Å². The molecule has 0 bridgehead atoms. The zero-order chi connectivity index (χ0) is 12.8. The van der Waals surface area contributed by atoms with Crippen molar-refractivity contribution in [3.63, 3.8) is 0 Å². The summed E-state index contributed by atoms with van der Waals surface area (Å²) in [7, 11) is 0. The van der Waals surface area contributed by atoms with Crippen LogP contribution in [0.1, 0.15) is 23.6 Å². The molecule has 0 heterocycles. The van der Waals surface area contributed by atoms with Crippen LogP contribution >= 0.6 is 0 Å². The van der Waals surface area contributed by atoms with Crippen molar-refractivity contribution in [2.45, 2.75) is 20.8 Å². The number of carbonyl (C=O) groups is 1. The topological polar surface area (TPSA) is 50.4 Å². The quantitative estimate of drug-likeness (QED) is 0.787. The summed E-state index contributed by atoms with van der Waals surface area (Å²) < 4.78 is 4.72. The van der Waals surface area contributed by atoms with Crippen molar-refractivity contribution < 1.29 is 9.53 Å². The molecule has 0 aliphatic heterocycles. The number of ether oxygens (including phenoxy) is 1. The first-order valence-corrected chi connectivity index (χ1v) is 5.50. The Bertz CT molecular complexity index is 427. The Morgan fingerprint density at radius 3 is 2.65 bits per heavy atom. The Kier molecular flexibility index (Phi) is 4.57. The molecule has 0 saturated carbocycles. The van der Waals surface area contributed by atoms with E-state index in [0.29, 0.717) is 12.3 Å². The van der Waals surface area contributed by atoms with Crippen LogP contribution < -0.4 is 10.9 Å². The minimum Gasteiger partial charge on any atom is -0.449 e. The first kappa shape index (κ1) is 13.1. The fourth-order valence-electron chi connectivity index (χ4n) is 1.51. The number of nitrogens with one attached hydrogen (secondary N) is 2. The van der Waals surface area contributed by atoms with Crippen LogP contribution in [0.15, 0.2) is 24.8 Å².